The van der Waals surface area contributed by atoms with E-state index >= 15 is 0 Å². The Morgan fingerprint density at radius 3 is 2.81 bits per heavy atom. The molecule has 1 aliphatic rings. The van der Waals surface area contributed by atoms with E-state index in [1.165, 1.54) is 0 Å². The van der Waals surface area contributed by atoms with Crippen molar-refractivity contribution in [3.8, 4) is 17.1 Å². The third-order valence-electron chi connectivity index (χ3n) is 4.28. The van der Waals surface area contributed by atoms with Crippen molar-refractivity contribution >= 4 is 6.09 Å². The molecule has 1 fully saturated rings. The summed E-state index contributed by atoms with van der Waals surface area (Å²) < 4.78 is 16.7. The predicted molar refractivity (Wildman–Crippen MR) is 101 cm³/mol. The first-order valence-corrected chi connectivity index (χ1v) is 9.39. The van der Waals surface area contributed by atoms with Gasteiger partial charge in [-0.3, -0.25) is 4.98 Å². The van der Waals surface area contributed by atoms with Crippen molar-refractivity contribution in [3.63, 3.8) is 0 Å². The van der Waals surface area contributed by atoms with Gasteiger partial charge in [-0.25, -0.2) is 4.79 Å². The Kier molecular flexibility index (Phi) is 5.68. The lowest BCUT2D eigenvalue weighted by atomic mass is 10.1. The number of hydrogen-bond acceptors (Lipinski definition) is 6. The number of aromatic nitrogens is 2. The zero-order chi connectivity index (χ0) is 19.4. The van der Waals surface area contributed by atoms with Crippen LogP contribution in [0.3, 0.4) is 0 Å². The Morgan fingerprint density at radius 1 is 1.33 bits per heavy atom. The van der Waals surface area contributed by atoms with Gasteiger partial charge in [0.05, 0.1) is 17.9 Å². The monoisotopic (exact) mass is 373 g/mol. The van der Waals surface area contributed by atoms with Crippen LogP contribution in [0, 0.1) is 0 Å². The summed E-state index contributed by atoms with van der Waals surface area (Å²) in [5.41, 5.74) is 1.26. The van der Waals surface area contributed by atoms with Crippen molar-refractivity contribution in [1.29, 1.82) is 0 Å². The van der Waals surface area contributed by atoms with E-state index in [-0.39, 0.29) is 12.1 Å². The maximum atomic E-state index is 12.2. The number of hydrogen-bond donors (Lipinski definition) is 0. The maximum absolute atomic E-state index is 12.2. The van der Waals surface area contributed by atoms with E-state index in [1.54, 1.807) is 17.3 Å². The average molecular weight is 373 g/mol. The van der Waals surface area contributed by atoms with Gasteiger partial charge >= 0.3 is 6.09 Å². The number of ether oxygens (including phenoxy) is 2. The molecule has 1 aliphatic heterocycles. The second-order valence-corrected chi connectivity index (χ2v) is 7.77. The van der Waals surface area contributed by atoms with E-state index in [1.807, 2.05) is 32.9 Å². The van der Waals surface area contributed by atoms with Crippen LogP contribution in [0.2, 0.25) is 0 Å². The SMILES string of the molecule is CCCc1cc(-c2cncc(OCC3CCN3C(=O)OC(C)(C)C)c2)on1. The minimum absolute atomic E-state index is 0.0185. The molecule has 2 aromatic rings. The predicted octanol–water partition coefficient (Wildman–Crippen LogP) is 4.08. The number of pyridine rings is 1. The lowest BCUT2D eigenvalue weighted by Crippen LogP contribution is -2.55. The summed E-state index contributed by atoms with van der Waals surface area (Å²) in [5, 5.41) is 4.07. The summed E-state index contributed by atoms with van der Waals surface area (Å²) in [6.45, 7) is 8.79. The molecule has 0 radical (unpaired) electrons. The molecule has 0 N–H and O–H groups in total. The van der Waals surface area contributed by atoms with E-state index in [9.17, 15) is 4.79 Å². The van der Waals surface area contributed by atoms with Crippen molar-refractivity contribution < 1.29 is 18.8 Å². The van der Waals surface area contributed by atoms with Gasteiger partial charge in [-0.1, -0.05) is 18.5 Å². The summed E-state index contributed by atoms with van der Waals surface area (Å²) in [5.74, 6) is 1.31. The summed E-state index contributed by atoms with van der Waals surface area (Å²) in [7, 11) is 0. The molecule has 0 saturated carbocycles. The maximum Gasteiger partial charge on any atom is 0.410 e. The Labute approximate surface area is 159 Å². The molecule has 0 bridgehead atoms. The molecule has 0 aromatic carbocycles. The molecule has 3 rings (SSSR count). The molecule has 27 heavy (non-hydrogen) atoms. The molecule has 1 amide bonds. The quantitative estimate of drug-likeness (QED) is 0.759. The normalized spacial score (nSPS) is 16.7. The lowest BCUT2D eigenvalue weighted by molar-refractivity contribution is -0.0141. The van der Waals surface area contributed by atoms with Gasteiger partial charge in [-0.05, 0) is 39.7 Å². The number of amides is 1. The van der Waals surface area contributed by atoms with Crippen LogP contribution in [0.5, 0.6) is 5.75 Å². The molecular weight excluding hydrogens is 346 g/mol. The zero-order valence-electron chi connectivity index (χ0n) is 16.4. The van der Waals surface area contributed by atoms with Crippen LogP contribution in [-0.2, 0) is 11.2 Å². The van der Waals surface area contributed by atoms with Gasteiger partial charge in [0.1, 0.15) is 18.0 Å². The van der Waals surface area contributed by atoms with Gasteiger partial charge in [0.25, 0.3) is 0 Å². The first kappa shape index (κ1) is 19.2. The van der Waals surface area contributed by atoms with Gasteiger partial charge in [-0.2, -0.15) is 0 Å². The number of carbonyl (C=O) groups excluding carboxylic acids is 1. The lowest BCUT2D eigenvalue weighted by Gasteiger charge is -2.40. The molecule has 3 heterocycles. The summed E-state index contributed by atoms with van der Waals surface area (Å²) in [6.07, 6.45) is 5.88. The smallest absolute Gasteiger partial charge is 0.410 e. The van der Waals surface area contributed by atoms with Crippen LogP contribution in [0.15, 0.2) is 29.0 Å². The van der Waals surface area contributed by atoms with Crippen LogP contribution in [0.25, 0.3) is 11.3 Å². The molecule has 2 aromatic heterocycles. The molecular formula is C20H27N3O4. The number of nitrogens with zero attached hydrogens (tertiary/aromatic N) is 3. The van der Waals surface area contributed by atoms with E-state index in [0.717, 1.165) is 30.5 Å². The Balaban J connectivity index is 1.58. The van der Waals surface area contributed by atoms with Gasteiger partial charge in [0, 0.05) is 24.4 Å². The topological polar surface area (TPSA) is 77.7 Å². The molecule has 7 heteroatoms. The summed E-state index contributed by atoms with van der Waals surface area (Å²) in [6, 6.07) is 3.82. The van der Waals surface area contributed by atoms with Crippen LogP contribution < -0.4 is 4.74 Å². The number of aryl methyl sites for hydroxylation is 1. The largest absolute Gasteiger partial charge is 0.490 e. The number of rotatable bonds is 6. The molecule has 1 saturated heterocycles. The summed E-state index contributed by atoms with van der Waals surface area (Å²) >= 11 is 0. The fourth-order valence-corrected chi connectivity index (χ4v) is 2.82. The van der Waals surface area contributed by atoms with Crippen molar-refractivity contribution in [2.75, 3.05) is 13.2 Å². The van der Waals surface area contributed by atoms with Crippen LogP contribution >= 0.6 is 0 Å². The van der Waals surface area contributed by atoms with Gasteiger partial charge in [-0.15, -0.1) is 0 Å². The van der Waals surface area contributed by atoms with E-state index in [0.29, 0.717) is 24.7 Å². The van der Waals surface area contributed by atoms with Gasteiger partial charge < -0.3 is 18.9 Å². The Hall–Kier alpha value is -2.57. The standard InChI is InChI=1S/C20H27N3O4/c1-5-6-15-10-18(27-22-15)14-9-17(12-21-11-14)25-13-16-7-8-23(16)19(24)26-20(2,3)4/h9-12,16H,5-8,13H2,1-4H3. The second-order valence-electron chi connectivity index (χ2n) is 7.77. The van der Waals surface area contributed by atoms with E-state index in [2.05, 4.69) is 17.1 Å². The minimum Gasteiger partial charge on any atom is -0.490 e. The minimum atomic E-state index is -0.496. The number of carbonyl (C=O) groups is 1. The highest BCUT2D eigenvalue weighted by atomic mass is 16.6. The molecule has 146 valence electrons. The molecule has 0 aliphatic carbocycles. The van der Waals surface area contributed by atoms with Crippen molar-refractivity contribution in [3.05, 3.63) is 30.2 Å². The molecule has 0 spiro atoms. The van der Waals surface area contributed by atoms with Crippen molar-refractivity contribution in [2.45, 2.75) is 58.6 Å². The zero-order valence-corrected chi connectivity index (χ0v) is 16.4. The van der Waals surface area contributed by atoms with E-state index < -0.39 is 5.60 Å². The highest BCUT2D eigenvalue weighted by molar-refractivity contribution is 5.69. The fraction of sp³-hybridized carbons (Fsp3) is 0.550. The van der Waals surface area contributed by atoms with Crippen LogP contribution in [-0.4, -0.2) is 45.9 Å². The molecule has 7 nitrogen and oxygen atoms in total. The Morgan fingerprint density at radius 2 is 2.15 bits per heavy atom. The first-order valence-electron chi connectivity index (χ1n) is 9.39. The van der Waals surface area contributed by atoms with Crippen molar-refractivity contribution in [1.82, 2.24) is 15.0 Å². The fourth-order valence-electron chi connectivity index (χ4n) is 2.82. The molecule has 1 atom stereocenters. The third-order valence-corrected chi connectivity index (χ3v) is 4.28. The van der Waals surface area contributed by atoms with Crippen LogP contribution in [0.1, 0.15) is 46.2 Å². The highest BCUT2D eigenvalue weighted by Crippen LogP contribution is 2.26. The number of likely N-dealkylation sites (tertiary alicyclic amines) is 1. The van der Waals surface area contributed by atoms with Gasteiger partial charge in [0.15, 0.2) is 5.76 Å². The Bertz CT molecular complexity index is 782. The van der Waals surface area contributed by atoms with E-state index in [4.69, 9.17) is 14.0 Å². The average Bonchev–Trinajstić information content (AvgIpc) is 3.01. The van der Waals surface area contributed by atoms with Gasteiger partial charge in [0.2, 0.25) is 0 Å². The van der Waals surface area contributed by atoms with Crippen LogP contribution in [0.4, 0.5) is 4.79 Å². The third kappa shape index (κ3) is 4.99. The van der Waals surface area contributed by atoms with Crippen molar-refractivity contribution in [2.24, 2.45) is 0 Å². The first-order chi connectivity index (χ1) is 12.9. The highest BCUT2D eigenvalue weighted by Gasteiger charge is 2.35. The summed E-state index contributed by atoms with van der Waals surface area (Å²) in [4.78, 5) is 18.1. The second kappa shape index (κ2) is 7.98. The molecule has 1 unspecified atom stereocenters.